The van der Waals surface area contributed by atoms with Gasteiger partial charge in [0.05, 0.1) is 6.04 Å². The number of nitrogens with one attached hydrogen (secondary N) is 1. The largest absolute Gasteiger partial charge is 0.354 e. The molecule has 0 aromatic heterocycles. The third-order valence-corrected chi connectivity index (χ3v) is 5.68. The summed E-state index contributed by atoms with van der Waals surface area (Å²) in [5, 5.41) is 3.08. The Morgan fingerprint density at radius 3 is 2.48 bits per heavy atom. The van der Waals surface area contributed by atoms with Gasteiger partial charge in [-0.15, -0.1) is 0 Å². The van der Waals surface area contributed by atoms with Gasteiger partial charge in [0.25, 0.3) is 5.91 Å². The van der Waals surface area contributed by atoms with E-state index < -0.39 is 0 Å². The van der Waals surface area contributed by atoms with Gasteiger partial charge in [0.1, 0.15) is 0 Å². The summed E-state index contributed by atoms with van der Waals surface area (Å²) in [4.78, 5) is 29.0. The summed E-state index contributed by atoms with van der Waals surface area (Å²) in [7, 11) is 0. The summed E-state index contributed by atoms with van der Waals surface area (Å²) in [6, 6.07) is 9.25. The molecule has 2 aliphatic rings. The van der Waals surface area contributed by atoms with Crippen molar-refractivity contribution in [3.8, 4) is 0 Å². The van der Waals surface area contributed by atoms with E-state index in [0.717, 1.165) is 31.6 Å². The first-order chi connectivity index (χ1) is 13.1. The van der Waals surface area contributed by atoms with E-state index in [-0.39, 0.29) is 17.9 Å². The molecule has 1 atom stereocenters. The standard InChI is InChI=1S/C22H31N3O2/c1-18(21(26)23-13-12-19-8-4-2-5-9-19)24-14-16-25(17-15-24)22(27)20-10-6-3-7-11-20/h3,6-8,10-11,18H,2,4-5,9,12-17H2,1H3,(H,23,26). The molecule has 1 saturated heterocycles. The lowest BCUT2D eigenvalue weighted by atomic mass is 9.97. The van der Waals surface area contributed by atoms with E-state index in [2.05, 4.69) is 16.3 Å². The summed E-state index contributed by atoms with van der Waals surface area (Å²) < 4.78 is 0. The van der Waals surface area contributed by atoms with E-state index in [9.17, 15) is 9.59 Å². The molecule has 0 radical (unpaired) electrons. The number of rotatable bonds is 6. The number of amides is 2. The summed E-state index contributed by atoms with van der Waals surface area (Å²) in [5.74, 6) is 0.169. The van der Waals surface area contributed by atoms with Crippen LogP contribution in [-0.4, -0.2) is 60.4 Å². The predicted molar refractivity (Wildman–Crippen MR) is 108 cm³/mol. The van der Waals surface area contributed by atoms with Crippen molar-refractivity contribution in [2.24, 2.45) is 0 Å². The van der Waals surface area contributed by atoms with Gasteiger partial charge in [-0.3, -0.25) is 14.5 Å². The van der Waals surface area contributed by atoms with Crippen LogP contribution in [0.15, 0.2) is 42.0 Å². The molecule has 1 aliphatic carbocycles. The van der Waals surface area contributed by atoms with Crippen LogP contribution >= 0.6 is 0 Å². The number of carbonyl (C=O) groups excluding carboxylic acids is 2. The molecule has 1 heterocycles. The average molecular weight is 370 g/mol. The van der Waals surface area contributed by atoms with Crippen LogP contribution in [0.2, 0.25) is 0 Å². The minimum atomic E-state index is -0.153. The second kappa shape index (κ2) is 9.70. The van der Waals surface area contributed by atoms with Crippen LogP contribution < -0.4 is 5.32 Å². The van der Waals surface area contributed by atoms with Crippen LogP contribution in [0.5, 0.6) is 0 Å². The normalized spacial score (nSPS) is 19.3. The molecular formula is C22H31N3O2. The van der Waals surface area contributed by atoms with Crippen molar-refractivity contribution in [3.05, 3.63) is 47.5 Å². The van der Waals surface area contributed by atoms with E-state index in [1.54, 1.807) is 0 Å². The second-order valence-electron chi connectivity index (χ2n) is 7.52. The highest BCUT2D eigenvalue weighted by molar-refractivity contribution is 5.94. The van der Waals surface area contributed by atoms with Gasteiger partial charge >= 0.3 is 0 Å². The minimum absolute atomic E-state index is 0.0770. The molecule has 1 N–H and O–H groups in total. The number of hydrogen-bond acceptors (Lipinski definition) is 3. The van der Waals surface area contributed by atoms with Gasteiger partial charge in [-0.1, -0.05) is 29.8 Å². The van der Waals surface area contributed by atoms with Crippen LogP contribution in [0, 0.1) is 0 Å². The molecule has 0 saturated carbocycles. The van der Waals surface area contributed by atoms with Crippen LogP contribution in [0.4, 0.5) is 0 Å². The molecule has 5 nitrogen and oxygen atoms in total. The quantitative estimate of drug-likeness (QED) is 0.785. The number of benzene rings is 1. The zero-order valence-electron chi connectivity index (χ0n) is 16.3. The molecule has 1 aromatic rings. The number of carbonyl (C=O) groups is 2. The summed E-state index contributed by atoms with van der Waals surface area (Å²) in [6.45, 7) is 5.48. The van der Waals surface area contributed by atoms with Crippen LogP contribution in [0.1, 0.15) is 49.4 Å². The number of allylic oxidation sites excluding steroid dienone is 1. The van der Waals surface area contributed by atoms with Crippen molar-refractivity contribution in [3.63, 3.8) is 0 Å². The lowest BCUT2D eigenvalue weighted by Crippen LogP contribution is -2.55. The Morgan fingerprint density at radius 1 is 1.07 bits per heavy atom. The maximum absolute atomic E-state index is 12.5. The lowest BCUT2D eigenvalue weighted by molar-refractivity contribution is -0.126. The van der Waals surface area contributed by atoms with E-state index in [1.807, 2.05) is 42.2 Å². The Bertz CT molecular complexity index is 663. The second-order valence-corrected chi connectivity index (χ2v) is 7.52. The van der Waals surface area contributed by atoms with Crippen molar-refractivity contribution in [1.29, 1.82) is 0 Å². The molecule has 1 aromatic carbocycles. The summed E-state index contributed by atoms with van der Waals surface area (Å²) in [5.41, 5.74) is 2.22. The first kappa shape index (κ1) is 19.6. The summed E-state index contributed by atoms with van der Waals surface area (Å²) >= 11 is 0. The molecular weight excluding hydrogens is 338 g/mol. The SMILES string of the molecule is CC(C(=O)NCCC1=CCCCC1)N1CCN(C(=O)c2ccccc2)CC1. The predicted octanol–water partition coefficient (Wildman–Crippen LogP) is 2.84. The van der Waals surface area contributed by atoms with Crippen LogP contribution in [0.3, 0.4) is 0 Å². The first-order valence-electron chi connectivity index (χ1n) is 10.2. The minimum Gasteiger partial charge on any atom is -0.354 e. The van der Waals surface area contributed by atoms with Gasteiger partial charge in [0, 0.05) is 38.3 Å². The van der Waals surface area contributed by atoms with E-state index in [4.69, 9.17) is 0 Å². The molecule has 0 spiro atoms. The van der Waals surface area contributed by atoms with Gasteiger partial charge in [-0.2, -0.15) is 0 Å². The highest BCUT2D eigenvalue weighted by Crippen LogP contribution is 2.19. The Balaban J connectivity index is 1.41. The lowest BCUT2D eigenvalue weighted by Gasteiger charge is -2.37. The van der Waals surface area contributed by atoms with E-state index in [0.29, 0.717) is 13.1 Å². The highest BCUT2D eigenvalue weighted by atomic mass is 16.2. The van der Waals surface area contributed by atoms with Crippen molar-refractivity contribution in [2.75, 3.05) is 32.7 Å². The Labute approximate surface area is 162 Å². The van der Waals surface area contributed by atoms with Gasteiger partial charge in [-0.05, 0) is 51.2 Å². The molecule has 1 unspecified atom stereocenters. The van der Waals surface area contributed by atoms with Gasteiger partial charge in [-0.25, -0.2) is 0 Å². The van der Waals surface area contributed by atoms with Crippen LogP contribution in [-0.2, 0) is 4.79 Å². The highest BCUT2D eigenvalue weighted by Gasteiger charge is 2.27. The van der Waals surface area contributed by atoms with E-state index >= 15 is 0 Å². The van der Waals surface area contributed by atoms with Crippen molar-refractivity contribution < 1.29 is 9.59 Å². The van der Waals surface area contributed by atoms with E-state index in [1.165, 1.54) is 31.3 Å². The van der Waals surface area contributed by atoms with Gasteiger partial charge in [0.15, 0.2) is 0 Å². The monoisotopic (exact) mass is 369 g/mol. The molecule has 27 heavy (non-hydrogen) atoms. The fraction of sp³-hybridized carbons (Fsp3) is 0.545. The molecule has 5 heteroatoms. The fourth-order valence-corrected chi connectivity index (χ4v) is 3.87. The molecule has 3 rings (SSSR count). The third kappa shape index (κ3) is 5.42. The average Bonchev–Trinajstić information content (AvgIpc) is 2.74. The van der Waals surface area contributed by atoms with Gasteiger partial charge < -0.3 is 10.2 Å². The Kier molecular flexibility index (Phi) is 7.04. The summed E-state index contributed by atoms with van der Waals surface area (Å²) in [6.07, 6.45) is 8.25. The zero-order chi connectivity index (χ0) is 19.1. The molecule has 1 aliphatic heterocycles. The Morgan fingerprint density at radius 2 is 1.81 bits per heavy atom. The smallest absolute Gasteiger partial charge is 0.253 e. The number of nitrogens with zero attached hydrogens (tertiary/aromatic N) is 2. The number of piperazine rings is 1. The third-order valence-electron chi connectivity index (χ3n) is 5.68. The first-order valence-corrected chi connectivity index (χ1v) is 10.2. The topological polar surface area (TPSA) is 52.7 Å². The molecule has 2 amide bonds. The van der Waals surface area contributed by atoms with Gasteiger partial charge in [0.2, 0.25) is 5.91 Å². The van der Waals surface area contributed by atoms with Crippen molar-refractivity contribution in [2.45, 2.75) is 45.1 Å². The van der Waals surface area contributed by atoms with Crippen LogP contribution in [0.25, 0.3) is 0 Å². The maximum atomic E-state index is 12.5. The molecule has 1 fully saturated rings. The molecule has 0 bridgehead atoms. The Hall–Kier alpha value is -2.14. The van der Waals surface area contributed by atoms with Crippen molar-refractivity contribution >= 4 is 11.8 Å². The number of hydrogen-bond donors (Lipinski definition) is 1. The zero-order valence-corrected chi connectivity index (χ0v) is 16.3. The van der Waals surface area contributed by atoms with Crippen molar-refractivity contribution in [1.82, 2.24) is 15.1 Å². The maximum Gasteiger partial charge on any atom is 0.253 e. The molecule has 146 valence electrons. The fourth-order valence-electron chi connectivity index (χ4n) is 3.87.